The van der Waals surface area contributed by atoms with Gasteiger partial charge in [0.15, 0.2) is 0 Å². The third-order valence-electron chi connectivity index (χ3n) is 3.02. The lowest BCUT2D eigenvalue weighted by Gasteiger charge is -2.31. The lowest BCUT2D eigenvalue weighted by atomic mass is 10.0. The van der Waals surface area contributed by atoms with E-state index in [1.165, 1.54) is 11.3 Å². The molecule has 1 heterocycles. The Kier molecular flexibility index (Phi) is 5.29. The molecule has 1 aliphatic rings. The molecule has 1 fully saturated rings. The normalized spacial score (nSPS) is 16.1. The standard InChI is InChI=1S/C13H20N2.BrH/c1-11(2)12-5-3-4-6-13(12)15-9-7-14-8-10-15;/h3-6,11,14H,7-10H2,1-2H3;1H. The molecule has 0 aromatic heterocycles. The van der Waals surface area contributed by atoms with Crippen molar-refractivity contribution in [2.45, 2.75) is 19.8 Å². The first-order chi connectivity index (χ1) is 7.29. The first-order valence-corrected chi connectivity index (χ1v) is 5.83. The molecule has 0 atom stereocenters. The van der Waals surface area contributed by atoms with E-state index in [0.717, 1.165) is 26.2 Å². The van der Waals surface area contributed by atoms with Crippen LogP contribution >= 0.6 is 17.0 Å². The molecule has 90 valence electrons. The van der Waals surface area contributed by atoms with Gasteiger partial charge in [-0.25, -0.2) is 0 Å². The maximum Gasteiger partial charge on any atom is 0.0402 e. The third-order valence-corrected chi connectivity index (χ3v) is 3.02. The summed E-state index contributed by atoms with van der Waals surface area (Å²) >= 11 is 0. The number of anilines is 1. The summed E-state index contributed by atoms with van der Waals surface area (Å²) in [6.07, 6.45) is 0. The van der Waals surface area contributed by atoms with Gasteiger partial charge in [0.2, 0.25) is 0 Å². The van der Waals surface area contributed by atoms with Crippen molar-refractivity contribution in [1.82, 2.24) is 5.32 Å². The highest BCUT2D eigenvalue weighted by Gasteiger charge is 2.14. The van der Waals surface area contributed by atoms with Crippen molar-refractivity contribution >= 4 is 22.7 Å². The van der Waals surface area contributed by atoms with Crippen molar-refractivity contribution in [3.05, 3.63) is 29.8 Å². The van der Waals surface area contributed by atoms with Gasteiger partial charge in [-0.3, -0.25) is 0 Å². The van der Waals surface area contributed by atoms with Crippen LogP contribution in [0.2, 0.25) is 0 Å². The van der Waals surface area contributed by atoms with Crippen LogP contribution < -0.4 is 10.2 Å². The van der Waals surface area contributed by atoms with E-state index in [4.69, 9.17) is 0 Å². The number of nitrogens with zero attached hydrogens (tertiary/aromatic N) is 1. The fraction of sp³-hybridized carbons (Fsp3) is 0.538. The van der Waals surface area contributed by atoms with Crippen LogP contribution in [0.25, 0.3) is 0 Å². The number of benzene rings is 1. The van der Waals surface area contributed by atoms with E-state index >= 15 is 0 Å². The molecule has 0 spiro atoms. The van der Waals surface area contributed by atoms with Gasteiger partial charge < -0.3 is 10.2 Å². The maximum atomic E-state index is 3.39. The fourth-order valence-electron chi connectivity index (χ4n) is 2.17. The summed E-state index contributed by atoms with van der Waals surface area (Å²) in [5.41, 5.74) is 2.90. The Morgan fingerprint density at radius 3 is 2.38 bits per heavy atom. The van der Waals surface area contributed by atoms with Gasteiger partial charge in [-0.15, -0.1) is 17.0 Å². The predicted molar refractivity (Wildman–Crippen MR) is 75.9 cm³/mol. The lowest BCUT2D eigenvalue weighted by molar-refractivity contribution is 0.586. The van der Waals surface area contributed by atoms with E-state index in [1.54, 1.807) is 0 Å². The van der Waals surface area contributed by atoms with E-state index in [1.807, 2.05) is 0 Å². The zero-order valence-electron chi connectivity index (χ0n) is 10.1. The Balaban J connectivity index is 0.00000128. The van der Waals surface area contributed by atoms with Gasteiger partial charge in [-0.1, -0.05) is 32.0 Å². The van der Waals surface area contributed by atoms with Crippen LogP contribution in [-0.4, -0.2) is 26.2 Å². The van der Waals surface area contributed by atoms with Crippen molar-refractivity contribution in [2.75, 3.05) is 31.1 Å². The first kappa shape index (κ1) is 13.5. The van der Waals surface area contributed by atoms with Crippen LogP contribution in [0.1, 0.15) is 25.3 Å². The molecule has 16 heavy (non-hydrogen) atoms. The molecule has 1 aromatic rings. The lowest BCUT2D eigenvalue weighted by Crippen LogP contribution is -2.43. The van der Waals surface area contributed by atoms with E-state index < -0.39 is 0 Å². The second kappa shape index (κ2) is 6.26. The zero-order valence-corrected chi connectivity index (χ0v) is 11.8. The van der Waals surface area contributed by atoms with Gasteiger partial charge in [0.25, 0.3) is 0 Å². The highest BCUT2D eigenvalue weighted by Crippen LogP contribution is 2.27. The van der Waals surface area contributed by atoms with Crippen molar-refractivity contribution in [3.63, 3.8) is 0 Å². The molecule has 1 aromatic carbocycles. The quantitative estimate of drug-likeness (QED) is 0.899. The minimum absolute atomic E-state index is 0. The minimum Gasteiger partial charge on any atom is -0.369 e. The summed E-state index contributed by atoms with van der Waals surface area (Å²) in [4.78, 5) is 2.49. The zero-order chi connectivity index (χ0) is 10.7. The Morgan fingerprint density at radius 1 is 1.12 bits per heavy atom. The van der Waals surface area contributed by atoms with Crippen LogP contribution in [-0.2, 0) is 0 Å². The molecule has 0 saturated carbocycles. The summed E-state index contributed by atoms with van der Waals surface area (Å²) in [6.45, 7) is 8.99. The average Bonchev–Trinajstić information content (AvgIpc) is 2.30. The maximum absolute atomic E-state index is 3.39. The topological polar surface area (TPSA) is 15.3 Å². The fourth-order valence-corrected chi connectivity index (χ4v) is 2.17. The second-order valence-corrected chi connectivity index (χ2v) is 4.45. The van der Waals surface area contributed by atoms with Crippen molar-refractivity contribution in [2.24, 2.45) is 0 Å². The van der Waals surface area contributed by atoms with Crippen LogP contribution in [0.5, 0.6) is 0 Å². The van der Waals surface area contributed by atoms with Gasteiger partial charge in [0.05, 0.1) is 0 Å². The molecule has 2 nitrogen and oxygen atoms in total. The average molecular weight is 285 g/mol. The summed E-state index contributed by atoms with van der Waals surface area (Å²) in [5, 5.41) is 3.39. The largest absolute Gasteiger partial charge is 0.369 e. The summed E-state index contributed by atoms with van der Waals surface area (Å²) in [7, 11) is 0. The van der Waals surface area contributed by atoms with Gasteiger partial charge in [-0.2, -0.15) is 0 Å². The Morgan fingerprint density at radius 2 is 1.75 bits per heavy atom. The molecule has 0 aliphatic carbocycles. The number of piperazine rings is 1. The molecular weight excluding hydrogens is 264 g/mol. The number of hydrogen-bond donors (Lipinski definition) is 1. The summed E-state index contributed by atoms with van der Waals surface area (Å²) in [6, 6.07) is 8.78. The van der Waals surface area contributed by atoms with E-state index in [-0.39, 0.29) is 17.0 Å². The smallest absolute Gasteiger partial charge is 0.0402 e. The Bertz CT molecular complexity index is 319. The monoisotopic (exact) mass is 284 g/mol. The SMILES string of the molecule is Br.CC(C)c1ccccc1N1CCNCC1. The number of rotatable bonds is 2. The number of para-hydroxylation sites is 1. The molecule has 0 unspecified atom stereocenters. The predicted octanol–water partition coefficient (Wildman–Crippen LogP) is 2.80. The molecular formula is C13H21BrN2. The minimum atomic E-state index is 0. The summed E-state index contributed by atoms with van der Waals surface area (Å²) < 4.78 is 0. The number of halogens is 1. The summed E-state index contributed by atoms with van der Waals surface area (Å²) in [5.74, 6) is 0.607. The van der Waals surface area contributed by atoms with Crippen molar-refractivity contribution in [1.29, 1.82) is 0 Å². The van der Waals surface area contributed by atoms with Crippen LogP contribution in [0, 0.1) is 0 Å². The number of hydrogen-bond acceptors (Lipinski definition) is 2. The molecule has 0 radical (unpaired) electrons. The Hall–Kier alpha value is -0.540. The highest BCUT2D eigenvalue weighted by atomic mass is 79.9. The molecule has 1 N–H and O–H groups in total. The third kappa shape index (κ3) is 2.98. The molecule has 0 amide bonds. The van der Waals surface area contributed by atoms with Gasteiger partial charge in [-0.05, 0) is 17.5 Å². The van der Waals surface area contributed by atoms with E-state index in [9.17, 15) is 0 Å². The highest BCUT2D eigenvalue weighted by molar-refractivity contribution is 8.93. The Labute approximate surface area is 109 Å². The molecule has 3 heteroatoms. The van der Waals surface area contributed by atoms with E-state index in [2.05, 4.69) is 48.3 Å². The van der Waals surface area contributed by atoms with E-state index in [0.29, 0.717) is 5.92 Å². The van der Waals surface area contributed by atoms with Crippen molar-refractivity contribution in [3.8, 4) is 0 Å². The second-order valence-electron chi connectivity index (χ2n) is 4.45. The number of nitrogens with one attached hydrogen (secondary N) is 1. The van der Waals surface area contributed by atoms with Crippen LogP contribution in [0.4, 0.5) is 5.69 Å². The first-order valence-electron chi connectivity index (χ1n) is 5.83. The molecule has 2 rings (SSSR count). The molecule has 1 saturated heterocycles. The molecule has 0 bridgehead atoms. The van der Waals surface area contributed by atoms with Gasteiger partial charge in [0.1, 0.15) is 0 Å². The molecule has 1 aliphatic heterocycles. The van der Waals surface area contributed by atoms with Gasteiger partial charge >= 0.3 is 0 Å². The van der Waals surface area contributed by atoms with Crippen LogP contribution in [0.15, 0.2) is 24.3 Å². The van der Waals surface area contributed by atoms with Crippen molar-refractivity contribution < 1.29 is 0 Å². The van der Waals surface area contributed by atoms with Crippen LogP contribution in [0.3, 0.4) is 0 Å². The van der Waals surface area contributed by atoms with Gasteiger partial charge in [0, 0.05) is 31.9 Å².